The minimum absolute atomic E-state index is 0.115. The molecule has 0 unspecified atom stereocenters. The molecule has 0 aromatic carbocycles. The number of ether oxygens (including phenoxy) is 1. The third-order valence-electron chi connectivity index (χ3n) is 5.38. The summed E-state index contributed by atoms with van der Waals surface area (Å²) in [4.78, 5) is 9.49. The summed E-state index contributed by atoms with van der Waals surface area (Å²) in [5, 5.41) is 4.76. The van der Waals surface area contributed by atoms with E-state index in [0.717, 1.165) is 30.0 Å². The molecule has 2 aliphatic rings. The summed E-state index contributed by atoms with van der Waals surface area (Å²) in [7, 11) is -3.02. The number of sulfone groups is 1. The second kappa shape index (κ2) is 6.42. The largest absolute Gasteiger partial charge is 0.381 e. The second-order valence-electron chi connectivity index (χ2n) is 7.27. The van der Waals surface area contributed by atoms with E-state index >= 15 is 0 Å². The van der Waals surface area contributed by atoms with Crippen molar-refractivity contribution >= 4 is 15.5 Å². The fraction of sp³-hybridized carbons (Fsp3) is 0.500. The Morgan fingerprint density at radius 3 is 2.70 bits per heavy atom. The highest BCUT2D eigenvalue weighted by Crippen LogP contribution is 2.31. The molecule has 0 bridgehead atoms. The molecule has 0 aliphatic carbocycles. The number of hydrogen-bond acceptors (Lipinski definition) is 6. The van der Waals surface area contributed by atoms with Gasteiger partial charge in [-0.15, -0.1) is 0 Å². The predicted octanol–water partition coefficient (Wildman–Crippen LogP) is 1.85. The molecule has 3 aromatic heterocycles. The van der Waals surface area contributed by atoms with E-state index in [-0.39, 0.29) is 23.5 Å². The van der Waals surface area contributed by atoms with Crippen LogP contribution in [-0.4, -0.2) is 57.3 Å². The quantitative estimate of drug-likeness (QED) is 0.681. The Labute approximate surface area is 157 Å². The predicted molar refractivity (Wildman–Crippen MR) is 99.3 cm³/mol. The number of aromatic nitrogens is 5. The van der Waals surface area contributed by atoms with Gasteiger partial charge in [0, 0.05) is 31.5 Å². The van der Waals surface area contributed by atoms with Gasteiger partial charge in [0.05, 0.1) is 17.5 Å². The van der Waals surface area contributed by atoms with Gasteiger partial charge >= 0.3 is 0 Å². The molecule has 2 aliphatic heterocycles. The van der Waals surface area contributed by atoms with Crippen molar-refractivity contribution in [3.8, 4) is 11.5 Å². The van der Waals surface area contributed by atoms with Crippen LogP contribution in [0, 0.1) is 0 Å². The minimum atomic E-state index is -3.02. The summed E-state index contributed by atoms with van der Waals surface area (Å²) in [6, 6.07) is 5.63. The summed E-state index contributed by atoms with van der Waals surface area (Å²) in [6.07, 6.45) is 6.20. The molecule has 2 fully saturated rings. The van der Waals surface area contributed by atoms with Crippen LogP contribution in [-0.2, 0) is 14.6 Å². The van der Waals surface area contributed by atoms with Crippen molar-refractivity contribution in [2.75, 3.05) is 24.7 Å². The van der Waals surface area contributed by atoms with E-state index in [4.69, 9.17) is 14.8 Å². The van der Waals surface area contributed by atoms with Crippen molar-refractivity contribution in [2.45, 2.75) is 31.2 Å². The van der Waals surface area contributed by atoms with Crippen molar-refractivity contribution in [3.05, 3.63) is 36.4 Å². The molecule has 5 heterocycles. The highest BCUT2D eigenvalue weighted by molar-refractivity contribution is 7.91. The van der Waals surface area contributed by atoms with Crippen molar-refractivity contribution in [2.24, 2.45) is 0 Å². The lowest BCUT2D eigenvalue weighted by molar-refractivity contribution is 0.0835. The van der Waals surface area contributed by atoms with Crippen LogP contribution in [0.4, 0.5) is 0 Å². The van der Waals surface area contributed by atoms with Crippen LogP contribution >= 0.6 is 0 Å². The smallest absolute Gasteiger partial charge is 0.178 e. The van der Waals surface area contributed by atoms with Crippen LogP contribution in [0.15, 0.2) is 30.6 Å². The van der Waals surface area contributed by atoms with Crippen LogP contribution in [0.5, 0.6) is 0 Å². The molecule has 1 atom stereocenters. The van der Waals surface area contributed by atoms with Crippen LogP contribution in [0.1, 0.15) is 37.0 Å². The van der Waals surface area contributed by atoms with Gasteiger partial charge in [-0.2, -0.15) is 5.10 Å². The first kappa shape index (κ1) is 16.9. The van der Waals surface area contributed by atoms with Gasteiger partial charge in [-0.25, -0.2) is 23.1 Å². The standard InChI is InChI=1S/C18H21N5O3S/c24-27(25)10-6-14(12-27)23-18(15-11-22-7-2-1-3-16(22)19-15)20-17(21-23)13-4-8-26-9-5-13/h1-3,7,11,13-14H,4-6,8-10,12H2/t14-/m0/s1. The molecule has 0 spiro atoms. The maximum atomic E-state index is 12.0. The first-order valence-corrected chi connectivity index (χ1v) is 11.1. The highest BCUT2D eigenvalue weighted by atomic mass is 32.2. The van der Waals surface area contributed by atoms with Gasteiger partial charge in [-0.3, -0.25) is 0 Å². The molecule has 9 heteroatoms. The zero-order valence-corrected chi connectivity index (χ0v) is 15.7. The van der Waals surface area contributed by atoms with E-state index in [1.165, 1.54) is 0 Å². The summed E-state index contributed by atoms with van der Waals surface area (Å²) in [5.74, 6) is 1.99. The van der Waals surface area contributed by atoms with Gasteiger partial charge < -0.3 is 9.14 Å². The molecular formula is C18H21N5O3S. The molecule has 27 heavy (non-hydrogen) atoms. The molecule has 0 N–H and O–H groups in total. The summed E-state index contributed by atoms with van der Waals surface area (Å²) in [6.45, 7) is 1.42. The first-order valence-electron chi connectivity index (χ1n) is 9.28. The van der Waals surface area contributed by atoms with E-state index in [1.807, 2.05) is 35.0 Å². The molecule has 8 nitrogen and oxygen atoms in total. The summed E-state index contributed by atoms with van der Waals surface area (Å²) in [5.41, 5.74) is 1.55. The second-order valence-corrected chi connectivity index (χ2v) is 9.50. The van der Waals surface area contributed by atoms with Crippen molar-refractivity contribution < 1.29 is 13.2 Å². The van der Waals surface area contributed by atoms with Gasteiger partial charge in [0.15, 0.2) is 21.5 Å². The van der Waals surface area contributed by atoms with Crippen LogP contribution in [0.25, 0.3) is 17.2 Å². The number of fused-ring (bicyclic) bond motifs is 1. The Balaban J connectivity index is 1.60. The van der Waals surface area contributed by atoms with Crippen LogP contribution in [0.3, 0.4) is 0 Å². The number of nitrogens with zero attached hydrogens (tertiary/aromatic N) is 5. The molecule has 142 valence electrons. The van der Waals surface area contributed by atoms with Crippen molar-refractivity contribution in [1.29, 1.82) is 0 Å². The third-order valence-corrected chi connectivity index (χ3v) is 7.13. The highest BCUT2D eigenvalue weighted by Gasteiger charge is 2.33. The Hall–Kier alpha value is -2.26. The zero-order valence-electron chi connectivity index (χ0n) is 14.9. The Morgan fingerprint density at radius 2 is 1.96 bits per heavy atom. The fourth-order valence-corrected chi connectivity index (χ4v) is 5.60. The van der Waals surface area contributed by atoms with E-state index in [9.17, 15) is 8.42 Å². The lowest BCUT2D eigenvalue weighted by Gasteiger charge is -2.19. The Bertz CT molecular complexity index is 1050. The normalized spacial score (nSPS) is 23.2. The van der Waals surface area contributed by atoms with E-state index in [2.05, 4.69) is 4.98 Å². The molecular weight excluding hydrogens is 366 g/mol. The number of imidazole rings is 1. The van der Waals surface area contributed by atoms with Crippen LogP contribution in [0.2, 0.25) is 0 Å². The number of pyridine rings is 1. The molecule has 0 radical (unpaired) electrons. The SMILES string of the molecule is O=S1(=O)CC[C@H](n2nc(C3CCOCC3)nc2-c2cn3ccccc3n2)C1. The molecule has 2 saturated heterocycles. The monoisotopic (exact) mass is 387 g/mol. The third kappa shape index (κ3) is 3.14. The van der Waals surface area contributed by atoms with Crippen LogP contribution < -0.4 is 0 Å². The van der Waals surface area contributed by atoms with Gasteiger partial charge in [0.1, 0.15) is 11.3 Å². The zero-order chi connectivity index (χ0) is 18.4. The van der Waals surface area contributed by atoms with Gasteiger partial charge in [0.2, 0.25) is 0 Å². The lowest BCUT2D eigenvalue weighted by Crippen LogP contribution is -2.17. The molecule has 5 rings (SSSR count). The van der Waals surface area contributed by atoms with Crippen molar-refractivity contribution in [1.82, 2.24) is 24.1 Å². The number of rotatable bonds is 3. The van der Waals surface area contributed by atoms with E-state index in [1.54, 1.807) is 4.68 Å². The molecule has 0 amide bonds. The lowest BCUT2D eigenvalue weighted by atomic mass is 10.00. The Kier molecular flexibility index (Phi) is 4.01. The van der Waals surface area contributed by atoms with Gasteiger partial charge in [0.25, 0.3) is 0 Å². The maximum Gasteiger partial charge on any atom is 0.178 e. The topological polar surface area (TPSA) is 91.4 Å². The molecule has 0 saturated carbocycles. The Morgan fingerprint density at radius 1 is 1.11 bits per heavy atom. The summed E-state index contributed by atoms with van der Waals surface area (Å²) < 4.78 is 33.2. The maximum absolute atomic E-state index is 12.0. The van der Waals surface area contributed by atoms with Gasteiger partial charge in [-0.1, -0.05) is 6.07 Å². The van der Waals surface area contributed by atoms with Crippen molar-refractivity contribution in [3.63, 3.8) is 0 Å². The average Bonchev–Trinajstić information content (AvgIpc) is 3.37. The van der Waals surface area contributed by atoms with E-state index < -0.39 is 9.84 Å². The minimum Gasteiger partial charge on any atom is -0.381 e. The fourth-order valence-electron chi connectivity index (χ4n) is 3.91. The molecule has 3 aromatic rings. The average molecular weight is 387 g/mol. The summed E-state index contributed by atoms with van der Waals surface area (Å²) >= 11 is 0. The number of hydrogen-bond donors (Lipinski definition) is 0. The van der Waals surface area contributed by atoms with Gasteiger partial charge in [-0.05, 0) is 31.4 Å². The van der Waals surface area contributed by atoms with E-state index in [0.29, 0.717) is 25.5 Å². The first-order chi connectivity index (χ1) is 13.1.